The standard InChI is InChI=1S/C16H18N2O3/c1-10(16(20)21)9-18(3)15(19)13-6-7-14-12(8-13)5-4-11(2)17-14/h4-8,10H,9H2,1-3H3,(H,20,21). The Hall–Kier alpha value is -2.43. The molecule has 2 aromatic rings. The molecule has 0 spiro atoms. The van der Waals surface area contributed by atoms with Gasteiger partial charge in [0.25, 0.3) is 5.91 Å². The molecule has 0 aliphatic heterocycles. The fourth-order valence-electron chi connectivity index (χ4n) is 2.15. The molecular weight excluding hydrogens is 268 g/mol. The zero-order chi connectivity index (χ0) is 15.6. The number of carboxylic acids is 1. The Bertz CT molecular complexity index is 697. The highest BCUT2D eigenvalue weighted by atomic mass is 16.4. The minimum atomic E-state index is -0.909. The van der Waals surface area contributed by atoms with E-state index in [-0.39, 0.29) is 12.5 Å². The van der Waals surface area contributed by atoms with E-state index in [9.17, 15) is 9.59 Å². The minimum absolute atomic E-state index is 0.179. The molecule has 1 heterocycles. The van der Waals surface area contributed by atoms with Gasteiger partial charge < -0.3 is 10.0 Å². The summed E-state index contributed by atoms with van der Waals surface area (Å²) < 4.78 is 0. The Kier molecular flexibility index (Phi) is 4.21. The van der Waals surface area contributed by atoms with Gasteiger partial charge in [0.2, 0.25) is 0 Å². The Labute approximate surface area is 123 Å². The highest BCUT2D eigenvalue weighted by Gasteiger charge is 2.18. The maximum atomic E-state index is 12.3. The van der Waals surface area contributed by atoms with Gasteiger partial charge in [-0.05, 0) is 31.2 Å². The fraction of sp³-hybridized carbons (Fsp3) is 0.312. The van der Waals surface area contributed by atoms with Gasteiger partial charge in [-0.2, -0.15) is 0 Å². The largest absolute Gasteiger partial charge is 0.481 e. The topological polar surface area (TPSA) is 70.5 Å². The van der Waals surface area contributed by atoms with Gasteiger partial charge in [-0.25, -0.2) is 0 Å². The number of fused-ring (bicyclic) bond motifs is 1. The monoisotopic (exact) mass is 286 g/mol. The van der Waals surface area contributed by atoms with Gasteiger partial charge in [0.1, 0.15) is 0 Å². The molecule has 2 rings (SSSR count). The second-order valence-corrected chi connectivity index (χ2v) is 5.29. The van der Waals surface area contributed by atoms with Crippen molar-refractivity contribution in [2.45, 2.75) is 13.8 Å². The van der Waals surface area contributed by atoms with E-state index in [1.54, 1.807) is 26.1 Å². The summed E-state index contributed by atoms with van der Waals surface area (Å²) >= 11 is 0. The zero-order valence-electron chi connectivity index (χ0n) is 12.3. The lowest BCUT2D eigenvalue weighted by Crippen LogP contribution is -2.33. The second-order valence-electron chi connectivity index (χ2n) is 5.29. The maximum absolute atomic E-state index is 12.3. The Balaban J connectivity index is 2.23. The average Bonchev–Trinajstić information content (AvgIpc) is 2.45. The van der Waals surface area contributed by atoms with Crippen molar-refractivity contribution in [1.29, 1.82) is 0 Å². The van der Waals surface area contributed by atoms with E-state index in [0.717, 1.165) is 16.6 Å². The number of benzene rings is 1. The van der Waals surface area contributed by atoms with E-state index in [0.29, 0.717) is 5.56 Å². The summed E-state index contributed by atoms with van der Waals surface area (Å²) in [6.45, 7) is 3.68. The van der Waals surface area contributed by atoms with Crippen LogP contribution in [0, 0.1) is 12.8 Å². The Morgan fingerprint density at radius 2 is 2.00 bits per heavy atom. The van der Waals surface area contributed by atoms with Crippen molar-refractivity contribution < 1.29 is 14.7 Å². The summed E-state index contributed by atoms with van der Waals surface area (Å²) in [6, 6.07) is 9.14. The molecule has 1 atom stereocenters. The third-order valence-electron chi connectivity index (χ3n) is 3.39. The molecule has 0 bridgehead atoms. The van der Waals surface area contributed by atoms with E-state index in [4.69, 9.17) is 5.11 Å². The quantitative estimate of drug-likeness (QED) is 0.936. The van der Waals surface area contributed by atoms with Crippen molar-refractivity contribution in [2.24, 2.45) is 5.92 Å². The first kappa shape index (κ1) is 15.0. The van der Waals surface area contributed by atoms with E-state index < -0.39 is 11.9 Å². The molecule has 5 heteroatoms. The van der Waals surface area contributed by atoms with Crippen LogP contribution in [0.4, 0.5) is 0 Å². The van der Waals surface area contributed by atoms with Crippen LogP contribution >= 0.6 is 0 Å². The number of aliphatic carboxylic acids is 1. The number of carbonyl (C=O) groups is 2. The summed E-state index contributed by atoms with van der Waals surface area (Å²) in [6.07, 6.45) is 0. The summed E-state index contributed by atoms with van der Waals surface area (Å²) in [5, 5.41) is 9.80. The van der Waals surface area contributed by atoms with Crippen LogP contribution in [-0.2, 0) is 4.79 Å². The number of carboxylic acid groups (broad SMARTS) is 1. The first-order chi connectivity index (χ1) is 9.88. The van der Waals surface area contributed by atoms with Crippen LogP contribution in [0.5, 0.6) is 0 Å². The smallest absolute Gasteiger partial charge is 0.308 e. The first-order valence-electron chi connectivity index (χ1n) is 6.74. The number of pyridine rings is 1. The predicted octanol–water partition coefficient (Wildman–Crippen LogP) is 2.34. The van der Waals surface area contributed by atoms with Crippen LogP contribution in [0.25, 0.3) is 10.9 Å². The third-order valence-corrected chi connectivity index (χ3v) is 3.39. The second kappa shape index (κ2) is 5.91. The number of rotatable bonds is 4. The van der Waals surface area contributed by atoms with Gasteiger partial charge in [-0.1, -0.05) is 13.0 Å². The van der Waals surface area contributed by atoms with E-state index in [1.165, 1.54) is 4.90 Å². The number of aryl methyl sites for hydroxylation is 1. The lowest BCUT2D eigenvalue weighted by Gasteiger charge is -2.19. The van der Waals surface area contributed by atoms with Gasteiger partial charge in [0.05, 0.1) is 11.4 Å². The van der Waals surface area contributed by atoms with Crippen LogP contribution in [0.15, 0.2) is 30.3 Å². The molecule has 110 valence electrons. The van der Waals surface area contributed by atoms with Crippen LogP contribution in [-0.4, -0.2) is 40.5 Å². The van der Waals surface area contributed by atoms with Gasteiger partial charge in [-0.3, -0.25) is 14.6 Å². The summed E-state index contributed by atoms with van der Waals surface area (Å²) in [4.78, 5) is 29.0. The van der Waals surface area contributed by atoms with E-state index in [2.05, 4.69) is 4.98 Å². The molecule has 5 nitrogen and oxygen atoms in total. The van der Waals surface area contributed by atoms with Crippen molar-refractivity contribution in [3.63, 3.8) is 0 Å². The van der Waals surface area contributed by atoms with Gasteiger partial charge in [-0.15, -0.1) is 0 Å². The maximum Gasteiger partial charge on any atom is 0.308 e. The minimum Gasteiger partial charge on any atom is -0.481 e. The first-order valence-corrected chi connectivity index (χ1v) is 6.74. The molecule has 0 radical (unpaired) electrons. The summed E-state index contributed by atoms with van der Waals surface area (Å²) in [5.41, 5.74) is 2.30. The normalized spacial score (nSPS) is 12.1. The Morgan fingerprint density at radius 3 is 2.67 bits per heavy atom. The van der Waals surface area contributed by atoms with Crippen molar-refractivity contribution >= 4 is 22.8 Å². The van der Waals surface area contributed by atoms with E-state index in [1.807, 2.05) is 25.1 Å². The van der Waals surface area contributed by atoms with Crippen LogP contribution in [0.1, 0.15) is 23.0 Å². The molecule has 1 aromatic heterocycles. The molecule has 1 amide bonds. The number of carbonyl (C=O) groups excluding carboxylic acids is 1. The molecule has 1 N–H and O–H groups in total. The summed E-state index contributed by atoms with van der Waals surface area (Å²) in [5.74, 6) is -1.69. The highest BCUT2D eigenvalue weighted by molar-refractivity contribution is 5.98. The number of hydrogen-bond acceptors (Lipinski definition) is 3. The lowest BCUT2D eigenvalue weighted by molar-refractivity contribution is -0.141. The van der Waals surface area contributed by atoms with Crippen LogP contribution in [0.3, 0.4) is 0 Å². The SMILES string of the molecule is Cc1ccc2cc(C(=O)N(C)CC(C)C(=O)O)ccc2n1. The van der Waals surface area contributed by atoms with Crippen molar-refractivity contribution in [3.05, 3.63) is 41.6 Å². The van der Waals surface area contributed by atoms with Crippen molar-refractivity contribution in [2.75, 3.05) is 13.6 Å². The average molecular weight is 286 g/mol. The van der Waals surface area contributed by atoms with Crippen molar-refractivity contribution in [1.82, 2.24) is 9.88 Å². The lowest BCUT2D eigenvalue weighted by atomic mass is 10.1. The third kappa shape index (κ3) is 3.37. The summed E-state index contributed by atoms with van der Waals surface area (Å²) in [7, 11) is 1.61. The van der Waals surface area contributed by atoms with Gasteiger partial charge in [0, 0.05) is 30.2 Å². The Morgan fingerprint density at radius 1 is 1.29 bits per heavy atom. The number of nitrogens with zero attached hydrogens (tertiary/aromatic N) is 2. The molecule has 0 saturated heterocycles. The molecule has 1 unspecified atom stereocenters. The molecule has 0 aliphatic carbocycles. The van der Waals surface area contributed by atoms with E-state index >= 15 is 0 Å². The number of aromatic nitrogens is 1. The fourth-order valence-corrected chi connectivity index (χ4v) is 2.15. The molecule has 21 heavy (non-hydrogen) atoms. The number of amides is 1. The van der Waals surface area contributed by atoms with Gasteiger partial charge >= 0.3 is 5.97 Å². The molecule has 0 fully saturated rings. The van der Waals surface area contributed by atoms with Crippen molar-refractivity contribution in [3.8, 4) is 0 Å². The molecule has 0 aliphatic rings. The predicted molar refractivity (Wildman–Crippen MR) is 80.2 cm³/mol. The zero-order valence-corrected chi connectivity index (χ0v) is 12.3. The number of hydrogen-bond donors (Lipinski definition) is 1. The molecule has 1 aromatic carbocycles. The molecule has 0 saturated carbocycles. The van der Waals surface area contributed by atoms with Crippen LogP contribution < -0.4 is 0 Å². The molecular formula is C16H18N2O3. The van der Waals surface area contributed by atoms with Crippen LogP contribution in [0.2, 0.25) is 0 Å². The van der Waals surface area contributed by atoms with Gasteiger partial charge in [0.15, 0.2) is 0 Å². The highest BCUT2D eigenvalue weighted by Crippen LogP contribution is 2.16.